The van der Waals surface area contributed by atoms with Gasteiger partial charge in [0.2, 0.25) is 0 Å². The normalized spacial score (nSPS) is 14.8. The number of hydrogen-bond acceptors (Lipinski definition) is 4. The maximum absolute atomic E-state index is 11.5. The van der Waals surface area contributed by atoms with E-state index in [1.54, 1.807) is 7.11 Å². The third-order valence-corrected chi connectivity index (χ3v) is 3.05. The van der Waals surface area contributed by atoms with Crippen molar-refractivity contribution < 1.29 is 19.4 Å². The largest absolute Gasteiger partial charge is 0.444 e. The van der Waals surface area contributed by atoms with E-state index in [-0.39, 0.29) is 12.6 Å². The predicted octanol–water partition coefficient (Wildman–Crippen LogP) is 3.41. The van der Waals surface area contributed by atoms with Crippen LogP contribution in [-0.2, 0) is 9.47 Å². The molecule has 2 unspecified atom stereocenters. The number of ether oxygens (including phenoxy) is 2. The van der Waals surface area contributed by atoms with Crippen LogP contribution in [0.25, 0.3) is 0 Å². The summed E-state index contributed by atoms with van der Waals surface area (Å²) in [4.78, 5) is 11.5. The standard InChI is InChI=1S/C17H33NO4/c1-6-7-11-15(21-5)12-9-8-10-14(19)13-18-16(20)22-17(2,3)4/h7,11,14-15,19H,6,8-10,12-13H2,1-5H3,(H,18,20)/b11-7-. The zero-order valence-corrected chi connectivity index (χ0v) is 14.7. The number of carbonyl (C=O) groups is 1. The van der Waals surface area contributed by atoms with Gasteiger partial charge in [0.15, 0.2) is 0 Å². The van der Waals surface area contributed by atoms with E-state index in [2.05, 4.69) is 24.4 Å². The monoisotopic (exact) mass is 315 g/mol. The quantitative estimate of drug-likeness (QED) is 0.479. The van der Waals surface area contributed by atoms with Crippen LogP contribution in [0.3, 0.4) is 0 Å². The smallest absolute Gasteiger partial charge is 0.407 e. The van der Waals surface area contributed by atoms with E-state index in [1.165, 1.54) is 0 Å². The van der Waals surface area contributed by atoms with Crippen molar-refractivity contribution in [2.75, 3.05) is 13.7 Å². The Labute approximate surface area is 135 Å². The Balaban J connectivity index is 3.75. The first-order valence-corrected chi connectivity index (χ1v) is 8.12. The average molecular weight is 315 g/mol. The highest BCUT2D eigenvalue weighted by molar-refractivity contribution is 5.67. The van der Waals surface area contributed by atoms with Crippen LogP contribution in [0, 0.1) is 0 Å². The van der Waals surface area contributed by atoms with Crippen LogP contribution in [0.2, 0.25) is 0 Å². The number of unbranched alkanes of at least 4 members (excludes halogenated alkanes) is 1. The Hall–Kier alpha value is -1.07. The molecule has 0 aromatic rings. The maximum atomic E-state index is 11.5. The van der Waals surface area contributed by atoms with Gasteiger partial charge in [0.05, 0.1) is 12.2 Å². The van der Waals surface area contributed by atoms with Gasteiger partial charge in [0.25, 0.3) is 0 Å². The fraction of sp³-hybridized carbons (Fsp3) is 0.824. The zero-order valence-electron chi connectivity index (χ0n) is 14.7. The molecule has 130 valence electrons. The van der Waals surface area contributed by atoms with Crippen molar-refractivity contribution in [3.8, 4) is 0 Å². The summed E-state index contributed by atoms with van der Waals surface area (Å²) in [5, 5.41) is 12.4. The van der Waals surface area contributed by atoms with Crippen molar-refractivity contribution in [3.05, 3.63) is 12.2 Å². The molecule has 0 aromatic heterocycles. The van der Waals surface area contributed by atoms with Crippen LogP contribution in [-0.4, -0.2) is 42.7 Å². The van der Waals surface area contributed by atoms with E-state index < -0.39 is 17.8 Å². The fourth-order valence-corrected chi connectivity index (χ4v) is 1.92. The van der Waals surface area contributed by atoms with E-state index in [4.69, 9.17) is 9.47 Å². The lowest BCUT2D eigenvalue weighted by Gasteiger charge is -2.20. The van der Waals surface area contributed by atoms with Gasteiger partial charge in [-0.1, -0.05) is 31.9 Å². The number of aliphatic hydroxyl groups is 1. The SMILES string of the molecule is CC/C=C\C(CCCCC(O)CNC(=O)OC(C)(C)C)OC. The molecule has 0 spiro atoms. The predicted molar refractivity (Wildman–Crippen MR) is 88.9 cm³/mol. The molecular weight excluding hydrogens is 282 g/mol. The van der Waals surface area contributed by atoms with Crippen molar-refractivity contribution in [3.63, 3.8) is 0 Å². The Bertz CT molecular complexity index is 323. The average Bonchev–Trinajstić information content (AvgIpc) is 2.42. The van der Waals surface area contributed by atoms with E-state index >= 15 is 0 Å². The maximum Gasteiger partial charge on any atom is 0.407 e. The second kappa shape index (κ2) is 11.5. The summed E-state index contributed by atoms with van der Waals surface area (Å²) in [6.07, 6.45) is 7.80. The van der Waals surface area contributed by atoms with E-state index in [0.717, 1.165) is 25.7 Å². The van der Waals surface area contributed by atoms with Gasteiger partial charge in [0, 0.05) is 13.7 Å². The van der Waals surface area contributed by atoms with E-state index in [1.807, 2.05) is 20.8 Å². The van der Waals surface area contributed by atoms with Gasteiger partial charge in [0.1, 0.15) is 5.60 Å². The van der Waals surface area contributed by atoms with Gasteiger partial charge in [-0.25, -0.2) is 4.79 Å². The lowest BCUT2D eigenvalue weighted by Crippen LogP contribution is -2.36. The second-order valence-electron chi connectivity index (χ2n) is 6.43. The van der Waals surface area contributed by atoms with Crippen LogP contribution >= 0.6 is 0 Å². The summed E-state index contributed by atoms with van der Waals surface area (Å²) in [5.74, 6) is 0. The highest BCUT2D eigenvalue weighted by Gasteiger charge is 2.16. The van der Waals surface area contributed by atoms with Crippen molar-refractivity contribution >= 4 is 6.09 Å². The minimum atomic E-state index is -0.542. The van der Waals surface area contributed by atoms with Crippen molar-refractivity contribution in [1.82, 2.24) is 5.32 Å². The number of allylic oxidation sites excluding steroid dienone is 1. The Morgan fingerprint density at radius 2 is 1.91 bits per heavy atom. The summed E-state index contributed by atoms with van der Waals surface area (Å²) < 4.78 is 10.5. The Morgan fingerprint density at radius 1 is 1.27 bits per heavy atom. The number of aliphatic hydroxyl groups excluding tert-OH is 1. The molecule has 5 heteroatoms. The van der Waals surface area contributed by atoms with Crippen LogP contribution in [0.4, 0.5) is 4.79 Å². The molecule has 0 bridgehead atoms. The number of alkyl carbamates (subject to hydrolysis) is 1. The number of carbonyl (C=O) groups excluding carboxylic acids is 1. The van der Waals surface area contributed by atoms with Gasteiger partial charge < -0.3 is 19.9 Å². The highest BCUT2D eigenvalue weighted by Crippen LogP contribution is 2.10. The van der Waals surface area contributed by atoms with Crippen molar-refractivity contribution in [1.29, 1.82) is 0 Å². The number of rotatable bonds is 10. The van der Waals surface area contributed by atoms with E-state index in [0.29, 0.717) is 6.42 Å². The number of methoxy groups -OCH3 is 1. The Morgan fingerprint density at radius 3 is 2.45 bits per heavy atom. The molecule has 1 amide bonds. The third kappa shape index (κ3) is 12.7. The molecule has 0 saturated carbocycles. The highest BCUT2D eigenvalue weighted by atomic mass is 16.6. The second-order valence-corrected chi connectivity index (χ2v) is 6.43. The molecule has 2 N–H and O–H groups in total. The lowest BCUT2D eigenvalue weighted by atomic mass is 10.1. The minimum Gasteiger partial charge on any atom is -0.444 e. The fourth-order valence-electron chi connectivity index (χ4n) is 1.92. The summed E-state index contributed by atoms with van der Waals surface area (Å²) in [6.45, 7) is 7.74. The molecule has 0 heterocycles. The zero-order chi connectivity index (χ0) is 17.0. The van der Waals surface area contributed by atoms with E-state index in [9.17, 15) is 9.90 Å². The molecule has 0 aromatic carbocycles. The van der Waals surface area contributed by atoms with Gasteiger partial charge in [-0.05, 0) is 40.0 Å². The van der Waals surface area contributed by atoms with Gasteiger partial charge in [-0.15, -0.1) is 0 Å². The number of nitrogens with one attached hydrogen (secondary N) is 1. The summed E-state index contributed by atoms with van der Waals surface area (Å²) in [7, 11) is 1.71. The molecule has 0 aliphatic rings. The van der Waals surface area contributed by atoms with Crippen molar-refractivity contribution in [2.45, 2.75) is 77.6 Å². The topological polar surface area (TPSA) is 67.8 Å². The molecule has 0 aliphatic heterocycles. The van der Waals surface area contributed by atoms with Gasteiger partial charge in [-0.3, -0.25) is 0 Å². The van der Waals surface area contributed by atoms with Crippen LogP contribution in [0.15, 0.2) is 12.2 Å². The molecule has 2 atom stereocenters. The molecule has 22 heavy (non-hydrogen) atoms. The van der Waals surface area contributed by atoms with Gasteiger partial charge >= 0.3 is 6.09 Å². The first-order valence-electron chi connectivity index (χ1n) is 8.12. The summed E-state index contributed by atoms with van der Waals surface area (Å²) in [5.41, 5.74) is -0.518. The molecule has 0 saturated heterocycles. The summed E-state index contributed by atoms with van der Waals surface area (Å²) in [6, 6.07) is 0. The molecule has 0 fully saturated rings. The molecule has 0 rings (SSSR count). The van der Waals surface area contributed by atoms with Gasteiger partial charge in [-0.2, -0.15) is 0 Å². The first kappa shape index (κ1) is 20.9. The minimum absolute atomic E-state index is 0.150. The van der Waals surface area contributed by atoms with Crippen LogP contribution in [0.5, 0.6) is 0 Å². The molecule has 0 radical (unpaired) electrons. The van der Waals surface area contributed by atoms with Crippen molar-refractivity contribution in [2.24, 2.45) is 0 Å². The molecule has 0 aliphatic carbocycles. The third-order valence-electron chi connectivity index (χ3n) is 3.05. The first-order chi connectivity index (χ1) is 10.3. The molecular formula is C17H33NO4. The lowest BCUT2D eigenvalue weighted by molar-refractivity contribution is 0.0487. The molecule has 5 nitrogen and oxygen atoms in total. The van der Waals surface area contributed by atoms with Crippen LogP contribution < -0.4 is 5.32 Å². The number of hydrogen-bond donors (Lipinski definition) is 2. The Kier molecular flexibility index (Phi) is 10.9. The van der Waals surface area contributed by atoms with Crippen LogP contribution in [0.1, 0.15) is 59.8 Å². The summed E-state index contributed by atoms with van der Waals surface area (Å²) >= 11 is 0. The number of amides is 1.